The van der Waals surface area contributed by atoms with E-state index in [9.17, 15) is 18.4 Å². The van der Waals surface area contributed by atoms with Crippen LogP contribution in [0.1, 0.15) is 18.5 Å². The Kier molecular flexibility index (Phi) is 5.63. The standard InChI is InChI=1S/C10H12F2N2O3S/c1-17-7(15)4-2-3-6-5-18-10(13-6)14-9(16)8(11)12/h5,8H,2-4H2,1H3,(H,13,14,16). The summed E-state index contributed by atoms with van der Waals surface area (Å²) < 4.78 is 28.4. The number of carbonyl (C=O) groups excluding carboxylic acids is 2. The number of carbonyl (C=O) groups is 2. The van der Waals surface area contributed by atoms with Crippen LogP contribution >= 0.6 is 11.3 Å². The average molecular weight is 278 g/mol. The predicted molar refractivity (Wildman–Crippen MR) is 61.7 cm³/mol. The number of aryl methyl sites for hydroxylation is 1. The largest absolute Gasteiger partial charge is 0.469 e. The number of alkyl halides is 2. The van der Waals surface area contributed by atoms with Crippen LogP contribution in [0.25, 0.3) is 0 Å². The zero-order chi connectivity index (χ0) is 13.5. The first-order valence-corrected chi connectivity index (χ1v) is 6.01. The molecular formula is C10H12F2N2O3S. The fraction of sp³-hybridized carbons (Fsp3) is 0.500. The number of hydrogen-bond acceptors (Lipinski definition) is 5. The van der Waals surface area contributed by atoms with Gasteiger partial charge in [0.05, 0.1) is 12.8 Å². The van der Waals surface area contributed by atoms with Crippen molar-refractivity contribution in [1.82, 2.24) is 4.98 Å². The molecule has 5 nitrogen and oxygen atoms in total. The molecule has 0 bridgehead atoms. The van der Waals surface area contributed by atoms with Crippen molar-refractivity contribution >= 4 is 28.3 Å². The first kappa shape index (κ1) is 14.5. The molecule has 8 heteroatoms. The Labute approximate surface area is 106 Å². The van der Waals surface area contributed by atoms with Crippen LogP contribution < -0.4 is 5.32 Å². The Morgan fingerprint density at radius 3 is 2.89 bits per heavy atom. The molecule has 18 heavy (non-hydrogen) atoms. The number of ether oxygens (including phenoxy) is 1. The molecule has 0 aliphatic carbocycles. The normalized spacial score (nSPS) is 10.4. The number of thiazole rings is 1. The third-order valence-corrected chi connectivity index (χ3v) is 2.83. The number of halogens is 2. The highest BCUT2D eigenvalue weighted by Crippen LogP contribution is 2.17. The van der Waals surface area contributed by atoms with E-state index >= 15 is 0 Å². The van der Waals surface area contributed by atoms with Crippen LogP contribution in [0, 0.1) is 0 Å². The molecule has 1 aromatic heterocycles. The van der Waals surface area contributed by atoms with E-state index in [0.717, 1.165) is 11.3 Å². The van der Waals surface area contributed by atoms with E-state index in [1.54, 1.807) is 5.38 Å². The molecule has 1 rings (SSSR count). The van der Waals surface area contributed by atoms with Crippen LogP contribution in [0.5, 0.6) is 0 Å². The number of nitrogens with one attached hydrogen (secondary N) is 1. The number of aromatic nitrogens is 1. The highest BCUT2D eigenvalue weighted by atomic mass is 32.1. The van der Waals surface area contributed by atoms with Crippen molar-refractivity contribution in [1.29, 1.82) is 0 Å². The Hall–Kier alpha value is -1.57. The van der Waals surface area contributed by atoms with Crippen LogP contribution in [0.15, 0.2) is 5.38 Å². The molecule has 0 radical (unpaired) electrons. The molecule has 0 atom stereocenters. The zero-order valence-corrected chi connectivity index (χ0v) is 10.4. The lowest BCUT2D eigenvalue weighted by Crippen LogP contribution is -2.19. The Morgan fingerprint density at radius 1 is 1.56 bits per heavy atom. The molecule has 0 aliphatic heterocycles. The lowest BCUT2D eigenvalue weighted by molar-refractivity contribution is -0.140. The van der Waals surface area contributed by atoms with Gasteiger partial charge >= 0.3 is 12.4 Å². The first-order chi connectivity index (χ1) is 8.52. The highest BCUT2D eigenvalue weighted by Gasteiger charge is 2.16. The van der Waals surface area contributed by atoms with E-state index in [1.807, 2.05) is 5.32 Å². The summed E-state index contributed by atoms with van der Waals surface area (Å²) in [6, 6.07) is 0. The second-order valence-electron chi connectivity index (χ2n) is 3.36. The van der Waals surface area contributed by atoms with E-state index < -0.39 is 12.3 Å². The summed E-state index contributed by atoms with van der Waals surface area (Å²) in [5, 5.41) is 3.78. The van der Waals surface area contributed by atoms with E-state index in [-0.39, 0.29) is 17.5 Å². The van der Waals surface area contributed by atoms with Crippen molar-refractivity contribution < 1.29 is 23.1 Å². The maximum absolute atomic E-state index is 12.0. The van der Waals surface area contributed by atoms with Crippen molar-refractivity contribution in [3.05, 3.63) is 11.1 Å². The van der Waals surface area contributed by atoms with Crippen molar-refractivity contribution in [2.24, 2.45) is 0 Å². The number of anilines is 1. The second-order valence-corrected chi connectivity index (χ2v) is 4.22. The molecule has 0 aliphatic rings. The summed E-state index contributed by atoms with van der Waals surface area (Å²) in [6.45, 7) is 0. The molecule has 1 aromatic rings. The van der Waals surface area contributed by atoms with Gasteiger partial charge in [-0.15, -0.1) is 11.3 Å². The minimum absolute atomic E-state index is 0.133. The van der Waals surface area contributed by atoms with Crippen molar-refractivity contribution in [3.8, 4) is 0 Å². The molecule has 1 amide bonds. The molecule has 0 unspecified atom stereocenters. The van der Waals surface area contributed by atoms with Gasteiger partial charge in [0, 0.05) is 11.8 Å². The summed E-state index contributed by atoms with van der Waals surface area (Å²) in [7, 11) is 1.31. The zero-order valence-electron chi connectivity index (χ0n) is 9.61. The van der Waals surface area contributed by atoms with Gasteiger partial charge < -0.3 is 4.74 Å². The topological polar surface area (TPSA) is 68.3 Å². The number of rotatable bonds is 6. The lowest BCUT2D eigenvalue weighted by atomic mass is 10.2. The average Bonchev–Trinajstić information content (AvgIpc) is 2.76. The van der Waals surface area contributed by atoms with Crippen LogP contribution in [-0.2, 0) is 20.7 Å². The molecule has 0 aromatic carbocycles. The van der Waals surface area contributed by atoms with Gasteiger partial charge in [0.2, 0.25) is 0 Å². The third-order valence-electron chi connectivity index (χ3n) is 2.02. The summed E-state index contributed by atoms with van der Waals surface area (Å²) in [5.74, 6) is -1.68. The summed E-state index contributed by atoms with van der Waals surface area (Å²) in [6.07, 6.45) is -1.71. The Balaban J connectivity index is 2.39. The lowest BCUT2D eigenvalue weighted by Gasteiger charge is -1.99. The summed E-state index contributed by atoms with van der Waals surface area (Å²) >= 11 is 1.07. The number of methoxy groups -OCH3 is 1. The van der Waals surface area contributed by atoms with Gasteiger partial charge in [-0.25, -0.2) is 4.98 Å². The fourth-order valence-corrected chi connectivity index (χ4v) is 1.90. The minimum Gasteiger partial charge on any atom is -0.469 e. The molecule has 0 saturated heterocycles. The van der Waals surface area contributed by atoms with Gasteiger partial charge in [-0.2, -0.15) is 8.78 Å². The molecule has 100 valence electrons. The van der Waals surface area contributed by atoms with Crippen LogP contribution in [-0.4, -0.2) is 30.4 Å². The molecular weight excluding hydrogens is 266 g/mol. The van der Waals surface area contributed by atoms with E-state index in [1.165, 1.54) is 7.11 Å². The van der Waals surface area contributed by atoms with Crippen LogP contribution in [0.4, 0.5) is 13.9 Å². The van der Waals surface area contributed by atoms with Crippen molar-refractivity contribution in [3.63, 3.8) is 0 Å². The Bertz CT molecular complexity index is 423. The quantitative estimate of drug-likeness (QED) is 0.806. The summed E-state index contributed by atoms with van der Waals surface area (Å²) in [4.78, 5) is 25.5. The molecule has 1 N–H and O–H groups in total. The number of amides is 1. The fourth-order valence-electron chi connectivity index (χ4n) is 1.16. The van der Waals surface area contributed by atoms with E-state index in [4.69, 9.17) is 0 Å². The number of nitrogens with zero attached hydrogens (tertiary/aromatic N) is 1. The SMILES string of the molecule is COC(=O)CCCc1csc(NC(=O)C(F)F)n1. The molecule has 1 heterocycles. The monoisotopic (exact) mass is 278 g/mol. The maximum atomic E-state index is 12.0. The number of esters is 1. The Morgan fingerprint density at radius 2 is 2.28 bits per heavy atom. The van der Waals surface area contributed by atoms with Crippen molar-refractivity contribution in [2.45, 2.75) is 25.7 Å². The summed E-state index contributed by atoms with van der Waals surface area (Å²) in [5.41, 5.74) is 0.647. The van der Waals surface area contributed by atoms with Gasteiger partial charge in [0.1, 0.15) is 0 Å². The van der Waals surface area contributed by atoms with Gasteiger partial charge in [0.15, 0.2) is 5.13 Å². The smallest absolute Gasteiger partial charge is 0.315 e. The van der Waals surface area contributed by atoms with Gasteiger partial charge in [-0.1, -0.05) is 0 Å². The first-order valence-electron chi connectivity index (χ1n) is 5.13. The number of hydrogen-bond donors (Lipinski definition) is 1. The molecule has 0 spiro atoms. The highest BCUT2D eigenvalue weighted by molar-refractivity contribution is 7.13. The maximum Gasteiger partial charge on any atom is 0.315 e. The third kappa shape index (κ3) is 4.74. The molecule has 0 saturated carbocycles. The predicted octanol–water partition coefficient (Wildman–Crippen LogP) is 1.84. The molecule has 0 fully saturated rings. The van der Waals surface area contributed by atoms with Gasteiger partial charge in [-0.3, -0.25) is 14.9 Å². The van der Waals surface area contributed by atoms with Crippen LogP contribution in [0.2, 0.25) is 0 Å². The van der Waals surface area contributed by atoms with Gasteiger partial charge in [-0.05, 0) is 12.8 Å². The van der Waals surface area contributed by atoms with Crippen molar-refractivity contribution in [2.75, 3.05) is 12.4 Å². The van der Waals surface area contributed by atoms with E-state index in [0.29, 0.717) is 18.5 Å². The second kappa shape index (κ2) is 7.00. The van der Waals surface area contributed by atoms with Gasteiger partial charge in [0.25, 0.3) is 5.91 Å². The van der Waals surface area contributed by atoms with E-state index in [2.05, 4.69) is 9.72 Å². The van der Waals surface area contributed by atoms with Crippen LogP contribution in [0.3, 0.4) is 0 Å². The minimum atomic E-state index is -3.06.